The molecule has 0 spiro atoms. The first-order chi connectivity index (χ1) is 9.52. The maximum absolute atomic E-state index is 11.7. The maximum Gasteiger partial charge on any atom is 0.237 e. The number of Topliss-reactive ketones (excluding diaryl/α,β-unsaturated/α-hetero) is 1. The molecule has 2 rings (SSSR count). The second-order valence-electron chi connectivity index (χ2n) is 5.02. The molecule has 4 nitrogen and oxygen atoms in total. The Morgan fingerprint density at radius 1 is 1.25 bits per heavy atom. The van der Waals surface area contributed by atoms with E-state index in [1.807, 2.05) is 44.4 Å². The standard InChI is InChI=1S/C15H18N2O2S/c1-9(2)13(10(3)18)15-16-14(17-19-15)11-5-7-12(20-4)8-6-11/h5-9,13H,1-4H3. The monoisotopic (exact) mass is 290 g/mol. The van der Waals surface area contributed by atoms with Crippen molar-refractivity contribution in [3.05, 3.63) is 30.2 Å². The van der Waals surface area contributed by atoms with Crippen molar-refractivity contribution in [3.63, 3.8) is 0 Å². The minimum atomic E-state index is -0.332. The van der Waals surface area contributed by atoms with Gasteiger partial charge in [-0.25, -0.2) is 0 Å². The lowest BCUT2D eigenvalue weighted by Gasteiger charge is -2.12. The van der Waals surface area contributed by atoms with Gasteiger partial charge in [-0.05, 0) is 43.4 Å². The number of carbonyl (C=O) groups excluding carboxylic acids is 1. The third-order valence-corrected chi connectivity index (χ3v) is 3.90. The molecule has 1 atom stereocenters. The zero-order valence-electron chi connectivity index (χ0n) is 12.1. The topological polar surface area (TPSA) is 56.0 Å². The molecule has 0 fully saturated rings. The van der Waals surface area contributed by atoms with Crippen molar-refractivity contribution in [1.82, 2.24) is 10.1 Å². The number of ketones is 1. The van der Waals surface area contributed by atoms with Crippen molar-refractivity contribution in [2.45, 2.75) is 31.6 Å². The highest BCUT2D eigenvalue weighted by molar-refractivity contribution is 7.98. The molecule has 0 aliphatic carbocycles. The maximum atomic E-state index is 11.7. The predicted octanol–water partition coefficient (Wildman–Crippen LogP) is 3.79. The van der Waals surface area contributed by atoms with Gasteiger partial charge in [0.2, 0.25) is 11.7 Å². The first kappa shape index (κ1) is 14.8. The highest BCUT2D eigenvalue weighted by Gasteiger charge is 2.27. The predicted molar refractivity (Wildman–Crippen MR) is 79.8 cm³/mol. The van der Waals surface area contributed by atoms with Crippen LogP contribution in [-0.2, 0) is 4.79 Å². The van der Waals surface area contributed by atoms with Crippen LogP contribution in [0.15, 0.2) is 33.7 Å². The van der Waals surface area contributed by atoms with Crippen LogP contribution in [-0.4, -0.2) is 22.2 Å². The summed E-state index contributed by atoms with van der Waals surface area (Å²) in [6.45, 7) is 5.51. The zero-order chi connectivity index (χ0) is 14.7. The molecule has 1 unspecified atom stereocenters. The zero-order valence-corrected chi connectivity index (χ0v) is 12.9. The van der Waals surface area contributed by atoms with Gasteiger partial charge in [0, 0.05) is 10.5 Å². The van der Waals surface area contributed by atoms with Gasteiger partial charge in [0.15, 0.2) is 0 Å². The van der Waals surface area contributed by atoms with Gasteiger partial charge in [0.25, 0.3) is 0 Å². The Bertz CT molecular complexity index is 590. The summed E-state index contributed by atoms with van der Waals surface area (Å²) in [6, 6.07) is 7.94. The lowest BCUT2D eigenvalue weighted by atomic mass is 9.92. The molecule has 0 aliphatic heterocycles. The van der Waals surface area contributed by atoms with E-state index in [1.165, 1.54) is 4.90 Å². The van der Waals surface area contributed by atoms with Gasteiger partial charge >= 0.3 is 0 Å². The fraction of sp³-hybridized carbons (Fsp3) is 0.400. The largest absolute Gasteiger partial charge is 0.338 e. The Morgan fingerprint density at radius 3 is 2.40 bits per heavy atom. The molecule has 1 heterocycles. The van der Waals surface area contributed by atoms with E-state index < -0.39 is 0 Å². The molecule has 106 valence electrons. The molecular weight excluding hydrogens is 272 g/mol. The van der Waals surface area contributed by atoms with E-state index in [1.54, 1.807) is 18.7 Å². The molecule has 0 aliphatic rings. The SMILES string of the molecule is CSc1ccc(-c2noc(C(C(C)=O)C(C)C)n2)cc1. The summed E-state index contributed by atoms with van der Waals surface area (Å²) in [5.74, 6) is 0.783. The Balaban J connectivity index is 2.29. The molecule has 1 aromatic heterocycles. The van der Waals surface area contributed by atoms with E-state index in [-0.39, 0.29) is 17.6 Å². The number of hydrogen-bond acceptors (Lipinski definition) is 5. The van der Waals surface area contributed by atoms with Crippen LogP contribution in [0, 0.1) is 5.92 Å². The third-order valence-electron chi connectivity index (χ3n) is 3.16. The molecular formula is C15H18N2O2S. The van der Waals surface area contributed by atoms with Crippen LogP contribution in [0.2, 0.25) is 0 Å². The van der Waals surface area contributed by atoms with Crippen molar-refractivity contribution in [2.75, 3.05) is 6.26 Å². The van der Waals surface area contributed by atoms with E-state index >= 15 is 0 Å². The lowest BCUT2D eigenvalue weighted by Crippen LogP contribution is -2.15. The fourth-order valence-electron chi connectivity index (χ4n) is 2.15. The second kappa shape index (κ2) is 6.22. The Labute approximate surface area is 123 Å². The number of aromatic nitrogens is 2. The molecule has 1 aromatic carbocycles. The number of rotatable bonds is 5. The smallest absolute Gasteiger partial charge is 0.237 e. The summed E-state index contributed by atoms with van der Waals surface area (Å²) in [6.07, 6.45) is 2.03. The van der Waals surface area contributed by atoms with Crippen molar-refractivity contribution in [3.8, 4) is 11.4 Å². The normalized spacial score (nSPS) is 12.7. The summed E-state index contributed by atoms with van der Waals surface area (Å²) in [5.41, 5.74) is 0.892. The molecule has 0 N–H and O–H groups in total. The van der Waals surface area contributed by atoms with Gasteiger partial charge in [-0.15, -0.1) is 11.8 Å². The van der Waals surface area contributed by atoms with E-state index in [0.29, 0.717) is 11.7 Å². The average Bonchev–Trinajstić information content (AvgIpc) is 2.87. The number of nitrogens with zero attached hydrogens (tertiary/aromatic N) is 2. The van der Waals surface area contributed by atoms with Gasteiger partial charge in [-0.2, -0.15) is 4.98 Å². The van der Waals surface area contributed by atoms with E-state index in [9.17, 15) is 4.79 Å². The summed E-state index contributed by atoms with van der Waals surface area (Å²) < 4.78 is 5.27. The first-order valence-corrected chi connectivity index (χ1v) is 7.74. The van der Waals surface area contributed by atoms with Crippen LogP contribution in [0.3, 0.4) is 0 Å². The summed E-state index contributed by atoms with van der Waals surface area (Å²) in [7, 11) is 0. The van der Waals surface area contributed by atoms with Crippen molar-refractivity contribution in [2.24, 2.45) is 5.92 Å². The Kier molecular flexibility index (Phi) is 4.60. The summed E-state index contributed by atoms with van der Waals surface area (Å²) in [4.78, 5) is 17.2. The number of carbonyl (C=O) groups is 1. The van der Waals surface area contributed by atoms with Gasteiger partial charge in [-0.1, -0.05) is 19.0 Å². The molecule has 0 amide bonds. The first-order valence-electron chi connectivity index (χ1n) is 6.51. The van der Waals surface area contributed by atoms with Crippen molar-refractivity contribution >= 4 is 17.5 Å². The highest BCUT2D eigenvalue weighted by Crippen LogP contribution is 2.27. The highest BCUT2D eigenvalue weighted by atomic mass is 32.2. The molecule has 0 radical (unpaired) electrons. The Hall–Kier alpha value is -1.62. The third kappa shape index (κ3) is 3.10. The van der Waals surface area contributed by atoms with Gasteiger partial charge in [-0.3, -0.25) is 4.79 Å². The molecule has 0 bridgehead atoms. The van der Waals surface area contributed by atoms with Crippen LogP contribution in [0.5, 0.6) is 0 Å². The van der Waals surface area contributed by atoms with Crippen LogP contribution in [0.1, 0.15) is 32.6 Å². The number of hydrogen-bond donors (Lipinski definition) is 0. The minimum absolute atomic E-state index is 0.0490. The van der Waals surface area contributed by atoms with Gasteiger partial charge < -0.3 is 4.52 Å². The molecule has 20 heavy (non-hydrogen) atoms. The summed E-state index contributed by atoms with van der Waals surface area (Å²) >= 11 is 1.68. The van der Waals surface area contributed by atoms with Gasteiger partial charge in [0.1, 0.15) is 5.78 Å². The number of thioether (sulfide) groups is 1. The summed E-state index contributed by atoms with van der Waals surface area (Å²) in [5, 5.41) is 3.98. The lowest BCUT2D eigenvalue weighted by molar-refractivity contribution is -0.119. The molecule has 5 heteroatoms. The minimum Gasteiger partial charge on any atom is -0.338 e. The van der Waals surface area contributed by atoms with Crippen LogP contribution < -0.4 is 0 Å². The number of benzene rings is 1. The molecule has 0 saturated carbocycles. The van der Waals surface area contributed by atoms with E-state index in [2.05, 4.69) is 10.1 Å². The molecule has 0 saturated heterocycles. The van der Waals surface area contributed by atoms with Crippen molar-refractivity contribution in [1.29, 1.82) is 0 Å². The van der Waals surface area contributed by atoms with Crippen LogP contribution >= 0.6 is 11.8 Å². The van der Waals surface area contributed by atoms with E-state index in [0.717, 1.165) is 5.56 Å². The van der Waals surface area contributed by atoms with E-state index in [4.69, 9.17) is 4.52 Å². The Morgan fingerprint density at radius 2 is 1.90 bits per heavy atom. The van der Waals surface area contributed by atoms with Crippen LogP contribution in [0.25, 0.3) is 11.4 Å². The quantitative estimate of drug-likeness (QED) is 0.784. The fourth-order valence-corrected chi connectivity index (χ4v) is 2.56. The van der Waals surface area contributed by atoms with Gasteiger partial charge in [0.05, 0.1) is 5.92 Å². The second-order valence-corrected chi connectivity index (χ2v) is 5.90. The molecule has 2 aromatic rings. The van der Waals surface area contributed by atoms with Crippen LogP contribution in [0.4, 0.5) is 0 Å². The average molecular weight is 290 g/mol. The van der Waals surface area contributed by atoms with Crippen molar-refractivity contribution < 1.29 is 9.32 Å².